The van der Waals surface area contributed by atoms with Gasteiger partial charge in [-0.15, -0.1) is 0 Å². The van der Waals surface area contributed by atoms with Crippen LogP contribution in [0.2, 0.25) is 5.02 Å². The molecule has 0 atom stereocenters. The number of hydrogen-bond donors (Lipinski definition) is 0. The number of halogens is 4. The first-order chi connectivity index (χ1) is 14.6. The van der Waals surface area contributed by atoms with E-state index in [1.54, 1.807) is 12.1 Å². The van der Waals surface area contributed by atoms with Gasteiger partial charge in [-0.3, -0.25) is 9.69 Å². The highest BCUT2D eigenvalue weighted by Gasteiger charge is 2.33. The molecule has 1 aliphatic heterocycles. The number of thioether (sulfide) groups is 1. The SMILES string of the molecule is Cc1ccc(N2C(=O)SC(=Cc3ccc(-c4cc(C(F)(F)F)ccc4Cl)o3)C2=S)cc1. The highest BCUT2D eigenvalue weighted by molar-refractivity contribution is 8.20. The number of alkyl halides is 3. The van der Waals surface area contributed by atoms with Crippen LogP contribution in [0.5, 0.6) is 0 Å². The van der Waals surface area contributed by atoms with Gasteiger partial charge in [-0.05, 0) is 67.2 Å². The van der Waals surface area contributed by atoms with Crippen molar-refractivity contribution >= 4 is 57.6 Å². The molecular weight excluding hydrogens is 467 g/mol. The molecule has 0 unspecified atom stereocenters. The number of furan rings is 1. The molecule has 2 heterocycles. The van der Waals surface area contributed by atoms with Gasteiger partial charge in [0.05, 0.1) is 21.2 Å². The maximum atomic E-state index is 13.0. The van der Waals surface area contributed by atoms with Gasteiger partial charge >= 0.3 is 6.18 Å². The molecule has 0 aliphatic carbocycles. The maximum Gasteiger partial charge on any atom is 0.416 e. The van der Waals surface area contributed by atoms with Crippen LogP contribution in [0, 0.1) is 6.92 Å². The van der Waals surface area contributed by atoms with Crippen molar-refractivity contribution < 1.29 is 22.4 Å². The molecule has 1 aromatic heterocycles. The lowest BCUT2D eigenvalue weighted by Crippen LogP contribution is -2.26. The summed E-state index contributed by atoms with van der Waals surface area (Å²) in [6.45, 7) is 1.94. The molecule has 2 aromatic carbocycles. The van der Waals surface area contributed by atoms with E-state index in [0.29, 0.717) is 21.3 Å². The lowest BCUT2D eigenvalue weighted by atomic mass is 10.1. The van der Waals surface area contributed by atoms with E-state index in [4.69, 9.17) is 28.2 Å². The predicted octanol–water partition coefficient (Wildman–Crippen LogP) is 7.97. The maximum absolute atomic E-state index is 13.0. The van der Waals surface area contributed by atoms with Crippen LogP contribution in [0.1, 0.15) is 16.9 Å². The van der Waals surface area contributed by atoms with Crippen molar-refractivity contribution in [2.24, 2.45) is 0 Å². The predicted molar refractivity (Wildman–Crippen MR) is 121 cm³/mol. The van der Waals surface area contributed by atoms with E-state index in [-0.39, 0.29) is 21.6 Å². The van der Waals surface area contributed by atoms with Gasteiger partial charge < -0.3 is 4.42 Å². The molecule has 3 nitrogen and oxygen atoms in total. The van der Waals surface area contributed by atoms with Crippen molar-refractivity contribution in [2.45, 2.75) is 13.1 Å². The third-order valence-electron chi connectivity index (χ3n) is 4.55. The smallest absolute Gasteiger partial charge is 0.416 e. The second-order valence-electron chi connectivity index (χ2n) is 6.75. The number of benzene rings is 2. The minimum Gasteiger partial charge on any atom is -0.457 e. The number of amides is 1. The summed E-state index contributed by atoms with van der Waals surface area (Å²) in [5, 5.41) is -0.110. The monoisotopic (exact) mass is 479 g/mol. The first-order valence-corrected chi connectivity index (χ1v) is 10.6. The molecule has 3 aromatic rings. The van der Waals surface area contributed by atoms with E-state index in [9.17, 15) is 18.0 Å². The van der Waals surface area contributed by atoms with Crippen molar-refractivity contribution in [1.29, 1.82) is 0 Å². The normalized spacial score (nSPS) is 15.9. The van der Waals surface area contributed by atoms with Gasteiger partial charge in [0.2, 0.25) is 0 Å². The van der Waals surface area contributed by atoms with Gasteiger partial charge in [0.25, 0.3) is 5.24 Å². The number of rotatable bonds is 3. The fraction of sp³-hybridized carbons (Fsp3) is 0.0909. The van der Waals surface area contributed by atoms with Crippen LogP contribution in [0.4, 0.5) is 23.7 Å². The molecule has 1 aliphatic rings. The van der Waals surface area contributed by atoms with E-state index in [0.717, 1.165) is 29.5 Å². The van der Waals surface area contributed by atoms with Crippen molar-refractivity contribution in [3.63, 3.8) is 0 Å². The Morgan fingerprint density at radius 3 is 2.48 bits per heavy atom. The molecule has 4 rings (SSSR count). The molecule has 9 heteroatoms. The molecule has 1 fully saturated rings. The summed E-state index contributed by atoms with van der Waals surface area (Å²) in [5.41, 5.74) is 1.02. The molecule has 0 radical (unpaired) electrons. The number of thiocarbonyl (C=S) groups is 1. The largest absolute Gasteiger partial charge is 0.457 e. The van der Waals surface area contributed by atoms with Gasteiger partial charge in [0, 0.05) is 5.56 Å². The van der Waals surface area contributed by atoms with Crippen LogP contribution in [0.25, 0.3) is 17.4 Å². The molecule has 0 bridgehead atoms. The van der Waals surface area contributed by atoms with Crippen LogP contribution in [-0.4, -0.2) is 10.2 Å². The van der Waals surface area contributed by atoms with Crippen LogP contribution in [-0.2, 0) is 6.18 Å². The summed E-state index contributed by atoms with van der Waals surface area (Å²) in [7, 11) is 0. The molecule has 0 spiro atoms. The topological polar surface area (TPSA) is 33.5 Å². The molecule has 31 heavy (non-hydrogen) atoms. The second kappa shape index (κ2) is 8.18. The molecular formula is C22H13ClF3NO2S2. The Bertz CT molecular complexity index is 1220. The lowest BCUT2D eigenvalue weighted by Gasteiger charge is -2.14. The Hall–Kier alpha value is -2.55. The molecule has 1 saturated heterocycles. The van der Waals surface area contributed by atoms with E-state index in [1.807, 2.05) is 31.2 Å². The number of nitrogens with zero attached hydrogens (tertiary/aromatic N) is 1. The lowest BCUT2D eigenvalue weighted by molar-refractivity contribution is -0.137. The minimum atomic E-state index is -4.50. The highest BCUT2D eigenvalue weighted by atomic mass is 35.5. The fourth-order valence-electron chi connectivity index (χ4n) is 2.98. The number of hydrogen-bond acceptors (Lipinski definition) is 4. The Kier molecular flexibility index (Phi) is 5.72. The Balaban J connectivity index is 1.63. The zero-order valence-corrected chi connectivity index (χ0v) is 18.3. The molecule has 0 saturated carbocycles. The zero-order chi connectivity index (χ0) is 22.3. The van der Waals surface area contributed by atoms with E-state index in [1.165, 1.54) is 17.0 Å². The Morgan fingerprint density at radius 2 is 1.81 bits per heavy atom. The third kappa shape index (κ3) is 4.42. The summed E-state index contributed by atoms with van der Waals surface area (Å²) in [5.74, 6) is 0.519. The molecule has 1 amide bonds. The number of anilines is 1. The van der Waals surface area contributed by atoms with Gasteiger partial charge in [-0.1, -0.05) is 41.5 Å². The van der Waals surface area contributed by atoms with E-state index >= 15 is 0 Å². The Labute approximate surface area is 190 Å². The van der Waals surface area contributed by atoms with Gasteiger partial charge in [0.1, 0.15) is 16.5 Å². The average Bonchev–Trinajstić information content (AvgIpc) is 3.27. The van der Waals surface area contributed by atoms with Crippen molar-refractivity contribution in [2.75, 3.05) is 4.90 Å². The van der Waals surface area contributed by atoms with Gasteiger partial charge in [0.15, 0.2) is 0 Å². The van der Waals surface area contributed by atoms with Crippen molar-refractivity contribution in [1.82, 2.24) is 0 Å². The summed E-state index contributed by atoms with van der Waals surface area (Å²) >= 11 is 12.5. The van der Waals surface area contributed by atoms with Gasteiger partial charge in [-0.25, -0.2) is 0 Å². The Morgan fingerprint density at radius 1 is 1.10 bits per heavy atom. The van der Waals surface area contributed by atoms with Crippen molar-refractivity contribution in [3.05, 3.63) is 81.4 Å². The molecule has 158 valence electrons. The van der Waals surface area contributed by atoms with Crippen LogP contribution >= 0.6 is 35.6 Å². The minimum absolute atomic E-state index is 0.125. The standard InChI is InChI=1S/C22H13ClF3NO2S2/c1-12-2-5-14(6-3-12)27-20(30)19(31-21(27)28)11-15-7-9-18(29-15)16-10-13(22(24,25)26)4-8-17(16)23/h2-11H,1H3. The average molecular weight is 480 g/mol. The number of carbonyl (C=O) groups excluding carboxylic acids is 1. The van der Waals surface area contributed by atoms with E-state index < -0.39 is 11.7 Å². The zero-order valence-electron chi connectivity index (χ0n) is 15.9. The quantitative estimate of drug-likeness (QED) is 0.282. The summed E-state index contributed by atoms with van der Waals surface area (Å²) in [6, 6.07) is 13.5. The summed E-state index contributed by atoms with van der Waals surface area (Å²) in [4.78, 5) is 14.7. The summed E-state index contributed by atoms with van der Waals surface area (Å²) < 4.78 is 44.8. The van der Waals surface area contributed by atoms with Crippen LogP contribution < -0.4 is 4.90 Å². The number of aryl methyl sites for hydroxylation is 1. The van der Waals surface area contributed by atoms with Crippen LogP contribution in [0.3, 0.4) is 0 Å². The third-order valence-corrected chi connectivity index (χ3v) is 6.29. The summed E-state index contributed by atoms with van der Waals surface area (Å²) in [6.07, 6.45) is -2.91. The first kappa shape index (κ1) is 21.7. The second-order valence-corrected chi connectivity index (χ2v) is 8.53. The van der Waals surface area contributed by atoms with Crippen LogP contribution in [0.15, 0.2) is 63.9 Å². The number of carbonyl (C=O) groups is 1. The van der Waals surface area contributed by atoms with Crippen molar-refractivity contribution in [3.8, 4) is 11.3 Å². The highest BCUT2D eigenvalue weighted by Crippen LogP contribution is 2.39. The van der Waals surface area contributed by atoms with E-state index in [2.05, 4.69) is 0 Å². The molecule has 0 N–H and O–H groups in total. The van der Waals surface area contributed by atoms with Gasteiger partial charge in [-0.2, -0.15) is 13.2 Å². The first-order valence-electron chi connectivity index (χ1n) is 8.95. The fourth-order valence-corrected chi connectivity index (χ4v) is 4.45.